The molecule has 1 aliphatic heterocycles. The summed E-state index contributed by atoms with van der Waals surface area (Å²) in [6.07, 6.45) is 3.25. The van der Waals surface area contributed by atoms with E-state index in [1.807, 2.05) is 19.2 Å². The molecule has 2 atom stereocenters. The van der Waals surface area contributed by atoms with Gasteiger partial charge in [-0.05, 0) is 33.2 Å². The van der Waals surface area contributed by atoms with E-state index in [0.29, 0.717) is 0 Å². The molecule has 0 bridgehead atoms. The molecule has 0 aliphatic carbocycles. The molecule has 2 rings (SSSR count). The third-order valence-corrected chi connectivity index (χ3v) is 4.14. The Labute approximate surface area is 106 Å². The lowest BCUT2D eigenvalue weighted by Crippen LogP contribution is -2.47. The normalized spacial score (nSPS) is 22.1. The van der Waals surface area contributed by atoms with E-state index in [1.165, 1.54) is 6.42 Å². The lowest BCUT2D eigenvalue weighted by molar-refractivity contribution is -0.124. The Morgan fingerprint density at radius 3 is 3.06 bits per heavy atom. The maximum Gasteiger partial charge on any atom is 0.237 e. The van der Waals surface area contributed by atoms with E-state index in [9.17, 15) is 4.79 Å². The Morgan fingerprint density at radius 2 is 2.47 bits per heavy atom. The van der Waals surface area contributed by atoms with Gasteiger partial charge in [0.05, 0.1) is 12.1 Å². The van der Waals surface area contributed by atoms with Crippen molar-refractivity contribution in [3.63, 3.8) is 0 Å². The van der Waals surface area contributed by atoms with Crippen molar-refractivity contribution in [1.29, 1.82) is 0 Å². The third-order valence-electron chi connectivity index (χ3n) is 2.99. The molecule has 2 heterocycles. The molecule has 0 saturated carbocycles. The standard InChI is InChI=1S/C12H19N3OS/c1-8-7-17-12(14-8)9(2)15-11(16)10-5-3-4-6-13-10/h7,9-10,13H,3-6H2,1-2H3,(H,15,16)/t9?,10-/m0/s1. The Kier molecular flexibility index (Phi) is 4.12. The Bertz CT molecular complexity index is 385. The molecule has 94 valence electrons. The van der Waals surface area contributed by atoms with Crippen LogP contribution < -0.4 is 10.6 Å². The summed E-state index contributed by atoms with van der Waals surface area (Å²) in [7, 11) is 0. The number of carbonyl (C=O) groups is 1. The van der Waals surface area contributed by atoms with Gasteiger partial charge in [-0.3, -0.25) is 4.79 Å². The Morgan fingerprint density at radius 1 is 1.65 bits per heavy atom. The van der Waals surface area contributed by atoms with Gasteiger partial charge in [0.15, 0.2) is 0 Å². The molecule has 1 fully saturated rings. The van der Waals surface area contributed by atoms with Crippen LogP contribution in [0.15, 0.2) is 5.38 Å². The maximum absolute atomic E-state index is 12.0. The molecule has 1 amide bonds. The topological polar surface area (TPSA) is 54.0 Å². The molecule has 1 aromatic heterocycles. The number of hydrogen-bond donors (Lipinski definition) is 2. The molecule has 1 aromatic rings. The zero-order valence-electron chi connectivity index (χ0n) is 10.3. The third kappa shape index (κ3) is 3.26. The summed E-state index contributed by atoms with van der Waals surface area (Å²) >= 11 is 1.60. The zero-order valence-corrected chi connectivity index (χ0v) is 11.1. The lowest BCUT2D eigenvalue weighted by atomic mass is 10.0. The van der Waals surface area contributed by atoms with Gasteiger partial charge in [-0.1, -0.05) is 6.42 Å². The Hall–Kier alpha value is -0.940. The van der Waals surface area contributed by atoms with Gasteiger partial charge in [0.25, 0.3) is 0 Å². The van der Waals surface area contributed by atoms with Gasteiger partial charge < -0.3 is 10.6 Å². The fourth-order valence-electron chi connectivity index (χ4n) is 2.02. The number of rotatable bonds is 3. The minimum atomic E-state index is -0.0211. The highest BCUT2D eigenvalue weighted by atomic mass is 32.1. The molecule has 2 N–H and O–H groups in total. The van der Waals surface area contributed by atoms with E-state index in [2.05, 4.69) is 15.6 Å². The molecule has 5 heteroatoms. The molecule has 0 spiro atoms. The summed E-state index contributed by atoms with van der Waals surface area (Å²) in [5, 5.41) is 9.27. The van der Waals surface area contributed by atoms with Crippen molar-refractivity contribution in [3.05, 3.63) is 16.1 Å². The van der Waals surface area contributed by atoms with Crippen LogP contribution in [0.2, 0.25) is 0 Å². The molecule has 4 nitrogen and oxygen atoms in total. The van der Waals surface area contributed by atoms with E-state index in [1.54, 1.807) is 11.3 Å². The van der Waals surface area contributed by atoms with Crippen LogP contribution in [0.5, 0.6) is 0 Å². The number of aryl methyl sites for hydroxylation is 1. The smallest absolute Gasteiger partial charge is 0.237 e. The highest BCUT2D eigenvalue weighted by Gasteiger charge is 2.22. The first-order valence-electron chi connectivity index (χ1n) is 6.12. The first-order valence-corrected chi connectivity index (χ1v) is 7.00. The van der Waals surface area contributed by atoms with Gasteiger partial charge in [0, 0.05) is 11.1 Å². The van der Waals surface area contributed by atoms with E-state index < -0.39 is 0 Å². The molecule has 0 aromatic carbocycles. The van der Waals surface area contributed by atoms with Crippen LogP contribution >= 0.6 is 11.3 Å². The number of nitrogens with zero attached hydrogens (tertiary/aromatic N) is 1. The predicted octanol–water partition coefficient (Wildman–Crippen LogP) is 1.77. The minimum Gasteiger partial charge on any atom is -0.346 e. The molecule has 0 radical (unpaired) electrons. The van der Waals surface area contributed by atoms with E-state index in [-0.39, 0.29) is 18.0 Å². The van der Waals surface area contributed by atoms with Gasteiger partial charge in [-0.15, -0.1) is 11.3 Å². The molecule has 1 aliphatic rings. The van der Waals surface area contributed by atoms with Gasteiger partial charge in [-0.2, -0.15) is 0 Å². The number of carbonyl (C=O) groups excluding carboxylic acids is 1. The summed E-state index contributed by atoms with van der Waals surface area (Å²) < 4.78 is 0. The van der Waals surface area contributed by atoms with E-state index >= 15 is 0 Å². The largest absolute Gasteiger partial charge is 0.346 e. The van der Waals surface area contributed by atoms with Crippen molar-refractivity contribution in [2.45, 2.75) is 45.2 Å². The predicted molar refractivity (Wildman–Crippen MR) is 69.1 cm³/mol. The van der Waals surface area contributed by atoms with Crippen LogP contribution in [-0.4, -0.2) is 23.5 Å². The highest BCUT2D eigenvalue weighted by molar-refractivity contribution is 7.09. The van der Waals surface area contributed by atoms with Crippen LogP contribution in [-0.2, 0) is 4.79 Å². The number of thiazole rings is 1. The summed E-state index contributed by atoms with van der Waals surface area (Å²) in [6, 6.07) is -0.0165. The van der Waals surface area contributed by atoms with Crippen LogP contribution in [0.25, 0.3) is 0 Å². The van der Waals surface area contributed by atoms with Gasteiger partial charge >= 0.3 is 0 Å². The van der Waals surface area contributed by atoms with Crippen molar-refractivity contribution >= 4 is 17.2 Å². The second-order valence-electron chi connectivity index (χ2n) is 4.56. The van der Waals surface area contributed by atoms with Crippen LogP contribution in [0, 0.1) is 6.92 Å². The number of piperidine rings is 1. The monoisotopic (exact) mass is 253 g/mol. The van der Waals surface area contributed by atoms with E-state index in [4.69, 9.17) is 0 Å². The molecular formula is C12H19N3OS. The average molecular weight is 253 g/mol. The molecule has 1 saturated heterocycles. The SMILES string of the molecule is Cc1csc(C(C)NC(=O)[C@@H]2CCCCN2)n1. The number of hydrogen-bond acceptors (Lipinski definition) is 4. The first kappa shape index (κ1) is 12.5. The number of aromatic nitrogens is 1. The van der Waals surface area contributed by atoms with Gasteiger partial charge in [-0.25, -0.2) is 4.98 Å². The molecular weight excluding hydrogens is 234 g/mol. The number of nitrogens with one attached hydrogen (secondary N) is 2. The van der Waals surface area contributed by atoms with Crippen LogP contribution in [0.3, 0.4) is 0 Å². The fraction of sp³-hybridized carbons (Fsp3) is 0.667. The highest BCUT2D eigenvalue weighted by Crippen LogP contribution is 2.18. The van der Waals surface area contributed by atoms with Crippen LogP contribution in [0.1, 0.15) is 42.9 Å². The quantitative estimate of drug-likeness (QED) is 0.863. The second kappa shape index (κ2) is 5.60. The first-order chi connectivity index (χ1) is 8.16. The minimum absolute atomic E-state index is 0.00456. The summed E-state index contributed by atoms with van der Waals surface area (Å²) in [5.41, 5.74) is 1.02. The molecule has 17 heavy (non-hydrogen) atoms. The zero-order chi connectivity index (χ0) is 12.3. The lowest BCUT2D eigenvalue weighted by Gasteiger charge is -2.24. The van der Waals surface area contributed by atoms with Gasteiger partial charge in [0.1, 0.15) is 5.01 Å². The Balaban J connectivity index is 1.89. The summed E-state index contributed by atoms with van der Waals surface area (Å²) in [5.74, 6) is 0.102. The van der Waals surface area contributed by atoms with Crippen molar-refractivity contribution in [2.75, 3.05) is 6.54 Å². The average Bonchev–Trinajstić information content (AvgIpc) is 2.77. The van der Waals surface area contributed by atoms with Gasteiger partial charge in [0.2, 0.25) is 5.91 Å². The second-order valence-corrected chi connectivity index (χ2v) is 5.45. The number of amides is 1. The van der Waals surface area contributed by atoms with Crippen molar-refractivity contribution in [1.82, 2.24) is 15.6 Å². The van der Waals surface area contributed by atoms with E-state index in [0.717, 1.165) is 30.1 Å². The summed E-state index contributed by atoms with van der Waals surface area (Å²) in [4.78, 5) is 16.4. The summed E-state index contributed by atoms with van der Waals surface area (Å²) in [6.45, 7) is 4.90. The van der Waals surface area contributed by atoms with Crippen molar-refractivity contribution in [3.8, 4) is 0 Å². The fourth-order valence-corrected chi connectivity index (χ4v) is 2.83. The van der Waals surface area contributed by atoms with Crippen molar-refractivity contribution < 1.29 is 4.79 Å². The van der Waals surface area contributed by atoms with Crippen molar-refractivity contribution in [2.24, 2.45) is 0 Å². The van der Waals surface area contributed by atoms with Crippen LogP contribution in [0.4, 0.5) is 0 Å². The maximum atomic E-state index is 12.0. The molecule has 1 unspecified atom stereocenters.